The molecular weight excluding hydrogens is 540 g/mol. The minimum absolute atomic E-state index is 0.0162. The van der Waals surface area contributed by atoms with Crippen molar-refractivity contribution >= 4 is 43.4 Å². The number of nitrogens with zero attached hydrogens (tertiary/aromatic N) is 2. The maximum atomic E-state index is 12.8. The third-order valence-electron chi connectivity index (χ3n) is 4.50. The van der Waals surface area contributed by atoms with E-state index >= 15 is 0 Å². The molecule has 0 spiro atoms. The molecule has 0 unspecified atom stereocenters. The number of carbonyl (C=O) groups is 1. The van der Waals surface area contributed by atoms with Crippen LogP contribution < -0.4 is 24.2 Å². The number of anilines is 2. The Bertz CT molecular complexity index is 1280. The molecule has 3 aromatic rings. The number of amides is 1. The number of benzene rings is 2. The number of hydrogen-bond donors (Lipinski definition) is 2. The van der Waals surface area contributed by atoms with Crippen LogP contribution in [0.3, 0.4) is 0 Å². The van der Waals surface area contributed by atoms with Crippen LogP contribution in [-0.4, -0.2) is 45.1 Å². The zero-order valence-electron chi connectivity index (χ0n) is 19.5. The minimum atomic E-state index is -3.97. The molecule has 2 N–H and O–H groups in total. The predicted molar refractivity (Wildman–Crippen MR) is 135 cm³/mol. The number of halogens is 1. The molecule has 2 aromatic carbocycles. The van der Waals surface area contributed by atoms with E-state index in [1.165, 1.54) is 44.6 Å². The van der Waals surface area contributed by atoms with Crippen LogP contribution in [0.2, 0.25) is 0 Å². The number of aromatic nitrogens is 2. The van der Waals surface area contributed by atoms with Crippen molar-refractivity contribution in [3.05, 3.63) is 58.6 Å². The number of methoxy groups -OCH3 is 2. The number of nitrogens with one attached hydrogen (secondary N) is 2. The normalized spacial score (nSPS) is 11.1. The number of rotatable bonds is 10. The van der Waals surface area contributed by atoms with E-state index < -0.39 is 10.0 Å². The molecule has 0 radical (unpaired) electrons. The monoisotopic (exact) mass is 564 g/mol. The van der Waals surface area contributed by atoms with Gasteiger partial charge in [-0.1, -0.05) is 13.8 Å². The lowest BCUT2D eigenvalue weighted by molar-refractivity contribution is 0.102. The first-order valence-electron chi connectivity index (χ1n) is 10.4. The van der Waals surface area contributed by atoms with Crippen LogP contribution in [0.5, 0.6) is 17.6 Å². The van der Waals surface area contributed by atoms with E-state index in [9.17, 15) is 13.2 Å². The average Bonchev–Trinajstić information content (AvgIpc) is 2.82. The summed E-state index contributed by atoms with van der Waals surface area (Å²) < 4.78 is 44.2. The van der Waals surface area contributed by atoms with Crippen LogP contribution >= 0.6 is 15.9 Å². The van der Waals surface area contributed by atoms with Gasteiger partial charge in [0.15, 0.2) is 5.82 Å². The van der Waals surface area contributed by atoms with Crippen molar-refractivity contribution in [1.29, 1.82) is 0 Å². The van der Waals surface area contributed by atoms with Gasteiger partial charge >= 0.3 is 6.01 Å². The summed E-state index contributed by atoms with van der Waals surface area (Å²) in [5, 5.41) is 2.74. The van der Waals surface area contributed by atoms with E-state index in [1.807, 2.05) is 13.8 Å². The molecule has 0 saturated carbocycles. The highest BCUT2D eigenvalue weighted by molar-refractivity contribution is 9.10. The molecule has 0 bridgehead atoms. The van der Waals surface area contributed by atoms with Crippen LogP contribution in [-0.2, 0) is 10.0 Å². The first-order chi connectivity index (χ1) is 16.6. The zero-order valence-corrected chi connectivity index (χ0v) is 21.9. The van der Waals surface area contributed by atoms with Gasteiger partial charge < -0.3 is 19.5 Å². The summed E-state index contributed by atoms with van der Waals surface area (Å²) in [5.74, 6) is 0.793. The lowest BCUT2D eigenvalue weighted by Gasteiger charge is -2.12. The van der Waals surface area contributed by atoms with Gasteiger partial charge in [0.2, 0.25) is 5.88 Å². The highest BCUT2D eigenvalue weighted by Gasteiger charge is 2.17. The van der Waals surface area contributed by atoms with Crippen molar-refractivity contribution in [3.8, 4) is 17.6 Å². The molecule has 186 valence electrons. The van der Waals surface area contributed by atoms with E-state index in [1.54, 1.807) is 18.2 Å². The van der Waals surface area contributed by atoms with E-state index in [-0.39, 0.29) is 28.5 Å². The lowest BCUT2D eigenvalue weighted by Crippen LogP contribution is -2.15. The number of hydrogen-bond acceptors (Lipinski definition) is 8. The first kappa shape index (κ1) is 26.2. The van der Waals surface area contributed by atoms with E-state index in [0.29, 0.717) is 34.0 Å². The van der Waals surface area contributed by atoms with Crippen LogP contribution in [0.1, 0.15) is 24.2 Å². The van der Waals surface area contributed by atoms with Gasteiger partial charge in [-0.15, -0.1) is 0 Å². The van der Waals surface area contributed by atoms with Crippen molar-refractivity contribution < 1.29 is 27.4 Å². The second kappa shape index (κ2) is 11.4. The zero-order chi connectivity index (χ0) is 25.6. The van der Waals surface area contributed by atoms with Gasteiger partial charge in [0.25, 0.3) is 15.9 Å². The van der Waals surface area contributed by atoms with Gasteiger partial charge in [-0.2, -0.15) is 9.97 Å². The van der Waals surface area contributed by atoms with Gasteiger partial charge in [0.05, 0.1) is 30.2 Å². The minimum Gasteiger partial charge on any atom is -0.492 e. The quantitative estimate of drug-likeness (QED) is 0.372. The van der Waals surface area contributed by atoms with Crippen molar-refractivity contribution in [2.24, 2.45) is 5.92 Å². The van der Waals surface area contributed by atoms with E-state index in [2.05, 4.69) is 35.9 Å². The van der Waals surface area contributed by atoms with Gasteiger partial charge in [-0.25, -0.2) is 8.42 Å². The Morgan fingerprint density at radius 3 is 2.34 bits per heavy atom. The maximum Gasteiger partial charge on any atom is 0.321 e. The highest BCUT2D eigenvalue weighted by Crippen LogP contribution is 2.27. The van der Waals surface area contributed by atoms with Gasteiger partial charge in [-0.3, -0.25) is 9.52 Å². The fourth-order valence-corrected chi connectivity index (χ4v) is 4.27. The summed E-state index contributed by atoms with van der Waals surface area (Å²) in [6.07, 6.45) is 0. The number of ether oxygens (including phenoxy) is 3. The fraction of sp³-hybridized carbons (Fsp3) is 0.261. The molecule has 1 amide bonds. The van der Waals surface area contributed by atoms with E-state index in [4.69, 9.17) is 14.2 Å². The summed E-state index contributed by atoms with van der Waals surface area (Å²) in [6, 6.07) is 12.0. The van der Waals surface area contributed by atoms with E-state index in [0.717, 1.165) is 0 Å². The Morgan fingerprint density at radius 1 is 1.03 bits per heavy atom. The van der Waals surface area contributed by atoms with Crippen LogP contribution in [0.4, 0.5) is 11.5 Å². The molecule has 0 aliphatic rings. The molecule has 1 heterocycles. The van der Waals surface area contributed by atoms with Crippen molar-refractivity contribution in [3.63, 3.8) is 0 Å². The Hall–Kier alpha value is -3.38. The van der Waals surface area contributed by atoms with Gasteiger partial charge in [0.1, 0.15) is 5.75 Å². The summed E-state index contributed by atoms with van der Waals surface area (Å²) >= 11 is 3.42. The van der Waals surface area contributed by atoms with Crippen molar-refractivity contribution in [2.75, 3.05) is 30.9 Å². The summed E-state index contributed by atoms with van der Waals surface area (Å²) in [6.45, 7) is 4.66. The third kappa shape index (κ3) is 7.06. The number of sulfonamides is 1. The molecule has 3 rings (SSSR count). The SMILES string of the molecule is COc1cc(NS(=O)(=O)c2ccc(NC(=O)c3ccc(OCC(C)C)c(Br)c3)cc2)nc(OC)n1. The standard InChI is InChI=1S/C23H25BrN4O6S/c1-14(2)13-34-19-10-5-15(11-18(19)24)22(29)25-16-6-8-17(9-7-16)35(30,31)28-20-12-21(32-3)27-23(26-20)33-4/h5-12,14H,13H2,1-4H3,(H,25,29)(H,26,27,28). The molecular formula is C23H25BrN4O6S. The third-order valence-corrected chi connectivity index (χ3v) is 6.49. The fourth-order valence-electron chi connectivity index (χ4n) is 2.78. The van der Waals surface area contributed by atoms with Crippen LogP contribution in [0, 0.1) is 5.92 Å². The first-order valence-corrected chi connectivity index (χ1v) is 12.7. The van der Waals surface area contributed by atoms with Crippen LogP contribution in [0.25, 0.3) is 0 Å². The molecule has 10 nitrogen and oxygen atoms in total. The Kier molecular flexibility index (Phi) is 8.52. The average molecular weight is 565 g/mol. The van der Waals surface area contributed by atoms with Crippen LogP contribution in [0.15, 0.2) is 57.9 Å². The summed E-state index contributed by atoms with van der Waals surface area (Å²) in [4.78, 5) is 20.5. The Morgan fingerprint density at radius 2 is 1.74 bits per heavy atom. The highest BCUT2D eigenvalue weighted by atomic mass is 79.9. The largest absolute Gasteiger partial charge is 0.492 e. The maximum absolute atomic E-state index is 12.8. The molecule has 0 aliphatic heterocycles. The lowest BCUT2D eigenvalue weighted by atomic mass is 10.2. The molecule has 35 heavy (non-hydrogen) atoms. The molecule has 0 aliphatic carbocycles. The smallest absolute Gasteiger partial charge is 0.321 e. The molecule has 0 fully saturated rings. The van der Waals surface area contributed by atoms with Crippen molar-refractivity contribution in [1.82, 2.24) is 9.97 Å². The van der Waals surface area contributed by atoms with Gasteiger partial charge in [-0.05, 0) is 64.3 Å². The molecule has 0 atom stereocenters. The second-order valence-corrected chi connectivity index (χ2v) is 10.3. The topological polar surface area (TPSA) is 129 Å². The van der Waals surface area contributed by atoms with Gasteiger partial charge in [0, 0.05) is 17.3 Å². The predicted octanol–water partition coefficient (Wildman–Crippen LogP) is 4.34. The Labute approximate surface area is 212 Å². The molecule has 0 saturated heterocycles. The molecule has 12 heteroatoms. The second-order valence-electron chi connectivity index (χ2n) is 7.72. The Balaban J connectivity index is 1.69. The molecule has 1 aromatic heterocycles. The number of carbonyl (C=O) groups excluding carboxylic acids is 1. The summed E-state index contributed by atoms with van der Waals surface area (Å²) in [7, 11) is -1.22. The summed E-state index contributed by atoms with van der Waals surface area (Å²) in [5.41, 5.74) is 0.842. The van der Waals surface area contributed by atoms with Crippen molar-refractivity contribution in [2.45, 2.75) is 18.7 Å².